The fourth-order valence-electron chi connectivity index (χ4n) is 4.41. The highest BCUT2D eigenvalue weighted by Crippen LogP contribution is 2.51. The smallest absolute Gasteiger partial charge is 0.337 e. The van der Waals surface area contributed by atoms with Crippen molar-refractivity contribution in [2.75, 3.05) is 13.2 Å². The van der Waals surface area contributed by atoms with E-state index >= 15 is 0 Å². The Morgan fingerprint density at radius 3 is 2.50 bits per heavy atom. The van der Waals surface area contributed by atoms with Crippen LogP contribution in [0.1, 0.15) is 38.2 Å². The van der Waals surface area contributed by atoms with Gasteiger partial charge in [-0.05, 0) is 29.5 Å². The van der Waals surface area contributed by atoms with E-state index in [0.29, 0.717) is 35.4 Å². The summed E-state index contributed by atoms with van der Waals surface area (Å²) in [4.78, 5) is 39.0. The molecule has 0 fully saturated rings. The van der Waals surface area contributed by atoms with Gasteiger partial charge in [-0.15, -0.1) is 0 Å². The Morgan fingerprint density at radius 1 is 1.18 bits per heavy atom. The Labute approximate surface area is 171 Å². The molecule has 0 spiro atoms. The van der Waals surface area contributed by atoms with Crippen LogP contribution in [0, 0.1) is 5.41 Å². The summed E-state index contributed by atoms with van der Waals surface area (Å²) < 4.78 is 6.18. The van der Waals surface area contributed by atoms with E-state index in [-0.39, 0.29) is 24.3 Å². The van der Waals surface area contributed by atoms with Crippen LogP contribution in [0.25, 0.3) is 0 Å². The van der Waals surface area contributed by atoms with Crippen LogP contribution in [0.4, 0.5) is 0 Å². The zero-order valence-electron chi connectivity index (χ0n) is 15.6. The van der Waals surface area contributed by atoms with Crippen LogP contribution >= 0.6 is 15.9 Å². The van der Waals surface area contributed by atoms with Gasteiger partial charge in [0.05, 0.1) is 11.3 Å². The zero-order chi connectivity index (χ0) is 20.2. The number of benzene rings is 1. The van der Waals surface area contributed by atoms with Gasteiger partial charge < -0.3 is 14.7 Å². The Hall–Kier alpha value is -2.41. The quantitative estimate of drug-likeness (QED) is 0.717. The molecule has 1 aromatic rings. The summed E-state index contributed by atoms with van der Waals surface area (Å²) in [5.74, 6) is -2.07. The molecule has 1 aromatic carbocycles. The highest BCUT2D eigenvalue weighted by molar-refractivity contribution is 9.10. The average molecular weight is 446 g/mol. The van der Waals surface area contributed by atoms with E-state index in [0.717, 1.165) is 10.0 Å². The highest BCUT2D eigenvalue weighted by atomic mass is 79.9. The molecular weight excluding hydrogens is 426 g/mol. The van der Waals surface area contributed by atoms with E-state index in [1.807, 2.05) is 38.1 Å². The van der Waals surface area contributed by atoms with Crippen molar-refractivity contribution in [2.45, 2.75) is 32.6 Å². The molecule has 146 valence electrons. The van der Waals surface area contributed by atoms with Gasteiger partial charge in [0.25, 0.3) is 0 Å². The summed E-state index contributed by atoms with van der Waals surface area (Å²) in [7, 11) is 0. The van der Waals surface area contributed by atoms with Crippen molar-refractivity contribution < 1.29 is 24.2 Å². The standard InChI is InChI=1S/C21H20BrNO5/c1-21(2)7-13-18(15(24)8-21)17(11-3-5-12(22)6-4-11)19-14(10-28-20(19)27)23(13)9-16(25)26/h3-6,17H,7-10H2,1-2H3,(H,25,26). The summed E-state index contributed by atoms with van der Waals surface area (Å²) in [5, 5.41) is 9.45. The molecule has 4 rings (SSSR count). The molecule has 0 saturated carbocycles. The molecule has 6 nitrogen and oxygen atoms in total. The third-order valence-electron chi connectivity index (χ3n) is 5.49. The van der Waals surface area contributed by atoms with E-state index in [4.69, 9.17) is 4.74 Å². The van der Waals surface area contributed by atoms with Crippen LogP contribution < -0.4 is 0 Å². The lowest BCUT2D eigenvalue weighted by molar-refractivity contribution is -0.138. The predicted molar refractivity (Wildman–Crippen MR) is 104 cm³/mol. The van der Waals surface area contributed by atoms with Gasteiger partial charge in [0, 0.05) is 28.1 Å². The third kappa shape index (κ3) is 3.07. The second-order valence-corrected chi connectivity index (χ2v) is 9.12. The molecule has 3 aliphatic rings. The van der Waals surface area contributed by atoms with Crippen LogP contribution in [0.5, 0.6) is 0 Å². The first-order valence-corrected chi connectivity index (χ1v) is 9.88. The van der Waals surface area contributed by atoms with Crippen molar-refractivity contribution in [1.29, 1.82) is 0 Å². The largest absolute Gasteiger partial charge is 0.480 e. The molecule has 0 amide bonds. The first-order chi connectivity index (χ1) is 13.2. The van der Waals surface area contributed by atoms with Crippen molar-refractivity contribution in [3.05, 3.63) is 56.8 Å². The molecule has 7 heteroatoms. The van der Waals surface area contributed by atoms with E-state index in [1.54, 1.807) is 4.90 Å². The summed E-state index contributed by atoms with van der Waals surface area (Å²) in [6.45, 7) is 3.73. The Balaban J connectivity index is 1.95. The van der Waals surface area contributed by atoms with Gasteiger partial charge in [-0.1, -0.05) is 41.9 Å². The van der Waals surface area contributed by atoms with Gasteiger partial charge in [0.1, 0.15) is 13.2 Å². The molecule has 0 bridgehead atoms. The molecular formula is C21H20BrNO5. The fourth-order valence-corrected chi connectivity index (χ4v) is 4.67. The summed E-state index contributed by atoms with van der Waals surface area (Å²) >= 11 is 3.41. The van der Waals surface area contributed by atoms with Crippen LogP contribution in [0.15, 0.2) is 51.3 Å². The molecule has 0 radical (unpaired) electrons. The molecule has 28 heavy (non-hydrogen) atoms. The number of carbonyl (C=O) groups is 3. The second kappa shape index (κ2) is 6.58. The number of hydrogen-bond acceptors (Lipinski definition) is 5. The maximum atomic E-state index is 13.2. The first kappa shape index (κ1) is 18.9. The number of carboxylic acid groups (broad SMARTS) is 1. The minimum Gasteiger partial charge on any atom is -0.480 e. The van der Waals surface area contributed by atoms with Crippen molar-refractivity contribution >= 4 is 33.7 Å². The Bertz CT molecular complexity index is 958. The molecule has 2 heterocycles. The Kier molecular flexibility index (Phi) is 4.45. The number of hydrogen-bond donors (Lipinski definition) is 1. The fraction of sp³-hybridized carbons (Fsp3) is 0.381. The molecule has 0 saturated heterocycles. The number of nitrogens with zero attached hydrogens (tertiary/aromatic N) is 1. The van der Waals surface area contributed by atoms with Gasteiger partial charge >= 0.3 is 11.9 Å². The lowest BCUT2D eigenvalue weighted by atomic mass is 9.68. The van der Waals surface area contributed by atoms with Crippen LogP contribution in [0.3, 0.4) is 0 Å². The number of ether oxygens (including phenoxy) is 1. The molecule has 2 aliphatic heterocycles. The van der Waals surface area contributed by atoms with Gasteiger partial charge in [-0.3, -0.25) is 9.59 Å². The minimum absolute atomic E-state index is 0.0277. The van der Waals surface area contributed by atoms with E-state index in [9.17, 15) is 19.5 Å². The normalized spacial score (nSPS) is 23.5. The van der Waals surface area contributed by atoms with Gasteiger partial charge in [-0.25, -0.2) is 4.79 Å². The van der Waals surface area contributed by atoms with E-state index in [1.165, 1.54) is 0 Å². The summed E-state index contributed by atoms with van der Waals surface area (Å²) in [5.41, 5.74) is 2.72. The van der Waals surface area contributed by atoms with Gasteiger partial charge in [0.15, 0.2) is 5.78 Å². The maximum Gasteiger partial charge on any atom is 0.337 e. The number of carbonyl (C=O) groups excluding carboxylic acids is 2. The number of cyclic esters (lactones) is 1. The number of aliphatic carboxylic acids is 1. The first-order valence-electron chi connectivity index (χ1n) is 9.09. The molecule has 1 atom stereocenters. The van der Waals surface area contributed by atoms with Gasteiger partial charge in [-0.2, -0.15) is 0 Å². The molecule has 1 N–H and O–H groups in total. The van der Waals surface area contributed by atoms with Crippen molar-refractivity contribution in [2.24, 2.45) is 5.41 Å². The number of allylic oxidation sites excluding steroid dienone is 2. The summed E-state index contributed by atoms with van der Waals surface area (Å²) in [6.07, 6.45) is 0.927. The Morgan fingerprint density at radius 2 is 1.86 bits per heavy atom. The third-order valence-corrected chi connectivity index (χ3v) is 6.02. The van der Waals surface area contributed by atoms with Crippen LogP contribution in [-0.2, 0) is 19.1 Å². The van der Waals surface area contributed by atoms with Crippen LogP contribution in [0.2, 0.25) is 0 Å². The van der Waals surface area contributed by atoms with Crippen molar-refractivity contribution in [1.82, 2.24) is 4.90 Å². The minimum atomic E-state index is -1.02. The zero-order valence-corrected chi connectivity index (χ0v) is 17.2. The number of halogens is 1. The van der Waals surface area contributed by atoms with Crippen molar-refractivity contribution in [3.63, 3.8) is 0 Å². The van der Waals surface area contributed by atoms with Crippen LogP contribution in [-0.4, -0.2) is 40.9 Å². The highest BCUT2D eigenvalue weighted by Gasteiger charge is 2.48. The van der Waals surface area contributed by atoms with E-state index < -0.39 is 17.9 Å². The van der Waals surface area contributed by atoms with Crippen molar-refractivity contribution in [3.8, 4) is 0 Å². The molecule has 1 unspecified atom stereocenters. The lowest BCUT2D eigenvalue weighted by Gasteiger charge is -2.43. The average Bonchev–Trinajstić information content (AvgIpc) is 2.97. The number of rotatable bonds is 3. The number of esters is 1. The molecule has 1 aliphatic carbocycles. The number of ketones is 1. The summed E-state index contributed by atoms with van der Waals surface area (Å²) in [6, 6.07) is 7.51. The van der Waals surface area contributed by atoms with Gasteiger partial charge in [0.2, 0.25) is 0 Å². The maximum absolute atomic E-state index is 13.2. The lowest BCUT2D eigenvalue weighted by Crippen LogP contribution is -2.41. The topological polar surface area (TPSA) is 83.9 Å². The number of carboxylic acids is 1. The monoisotopic (exact) mass is 445 g/mol. The predicted octanol–water partition coefficient (Wildman–Crippen LogP) is 3.39. The molecule has 0 aromatic heterocycles. The number of Topliss-reactive ketones (excluding diaryl/α,β-unsaturated/α-hetero) is 1. The SMILES string of the molecule is CC1(C)CC(=O)C2=C(C1)N(CC(=O)O)C1=C(C(=O)OC1)C2c1ccc(Br)cc1. The second-order valence-electron chi connectivity index (χ2n) is 8.20. The van der Waals surface area contributed by atoms with E-state index in [2.05, 4.69) is 15.9 Å².